The molecule has 2 amide bonds. The normalized spacial score (nSPS) is 16.1. The maximum atomic E-state index is 13.5. The van der Waals surface area contributed by atoms with Crippen molar-refractivity contribution in [3.63, 3.8) is 0 Å². The molecule has 7 heteroatoms. The van der Waals surface area contributed by atoms with Gasteiger partial charge in [0, 0.05) is 31.1 Å². The third-order valence-electron chi connectivity index (χ3n) is 4.45. The molecule has 28 heavy (non-hydrogen) atoms. The summed E-state index contributed by atoms with van der Waals surface area (Å²) >= 11 is 0. The zero-order valence-corrected chi connectivity index (χ0v) is 15.7. The summed E-state index contributed by atoms with van der Waals surface area (Å²) in [5, 5.41) is 2.75. The van der Waals surface area contributed by atoms with E-state index in [4.69, 9.17) is 9.47 Å². The van der Waals surface area contributed by atoms with Gasteiger partial charge in [-0.25, -0.2) is 4.39 Å². The average Bonchev–Trinajstić information content (AvgIpc) is 3.07. The fourth-order valence-electron chi connectivity index (χ4n) is 3.07. The lowest BCUT2D eigenvalue weighted by Gasteiger charge is -2.17. The molecular formula is C21H23FN2O4. The van der Waals surface area contributed by atoms with Crippen molar-refractivity contribution in [2.24, 2.45) is 5.92 Å². The number of ether oxygens (including phenoxy) is 2. The van der Waals surface area contributed by atoms with E-state index in [1.54, 1.807) is 17.0 Å². The summed E-state index contributed by atoms with van der Waals surface area (Å²) < 4.78 is 24.1. The van der Waals surface area contributed by atoms with Gasteiger partial charge < -0.3 is 19.7 Å². The minimum Gasteiger partial charge on any atom is -0.494 e. The van der Waals surface area contributed by atoms with Crippen LogP contribution in [-0.4, -0.2) is 38.1 Å². The number of hydrogen-bond acceptors (Lipinski definition) is 4. The maximum absolute atomic E-state index is 13.5. The molecule has 0 bridgehead atoms. The molecule has 1 unspecified atom stereocenters. The number of para-hydroxylation sites is 1. The summed E-state index contributed by atoms with van der Waals surface area (Å²) in [6.07, 6.45) is 0.363. The van der Waals surface area contributed by atoms with Crippen LogP contribution in [0, 0.1) is 11.7 Å². The Bertz CT molecular complexity index is 825. The highest BCUT2D eigenvalue weighted by Gasteiger charge is 2.30. The second-order valence-corrected chi connectivity index (χ2v) is 6.52. The Kier molecular flexibility index (Phi) is 6.47. The Morgan fingerprint density at radius 1 is 1.18 bits per heavy atom. The van der Waals surface area contributed by atoms with Crippen LogP contribution in [0.15, 0.2) is 48.5 Å². The molecule has 1 aliphatic heterocycles. The summed E-state index contributed by atoms with van der Waals surface area (Å²) in [5.74, 6) is -0.0349. The van der Waals surface area contributed by atoms with Gasteiger partial charge >= 0.3 is 0 Å². The summed E-state index contributed by atoms with van der Waals surface area (Å²) in [5.41, 5.74) is 0.810. The van der Waals surface area contributed by atoms with Crippen LogP contribution in [0.5, 0.6) is 11.5 Å². The van der Waals surface area contributed by atoms with Gasteiger partial charge in [0.1, 0.15) is 5.75 Å². The van der Waals surface area contributed by atoms with Gasteiger partial charge in [-0.3, -0.25) is 9.59 Å². The van der Waals surface area contributed by atoms with Crippen molar-refractivity contribution in [2.45, 2.75) is 13.3 Å². The molecule has 1 heterocycles. The lowest BCUT2D eigenvalue weighted by atomic mass is 10.1. The average molecular weight is 386 g/mol. The van der Waals surface area contributed by atoms with Crippen LogP contribution in [0.1, 0.15) is 13.3 Å². The molecule has 0 aromatic heterocycles. The largest absolute Gasteiger partial charge is 0.494 e. The van der Waals surface area contributed by atoms with Crippen LogP contribution in [0.3, 0.4) is 0 Å². The van der Waals surface area contributed by atoms with E-state index in [-0.39, 0.29) is 30.1 Å². The molecule has 1 aliphatic rings. The number of carbonyl (C=O) groups excluding carboxylic acids is 2. The molecule has 1 saturated heterocycles. The fraction of sp³-hybridized carbons (Fsp3) is 0.333. The first kappa shape index (κ1) is 19.7. The topological polar surface area (TPSA) is 67.9 Å². The smallest absolute Gasteiger partial charge is 0.257 e. The molecule has 3 rings (SSSR count). The first-order chi connectivity index (χ1) is 13.6. The van der Waals surface area contributed by atoms with Crippen molar-refractivity contribution in [2.75, 3.05) is 31.2 Å². The van der Waals surface area contributed by atoms with Crippen molar-refractivity contribution < 1.29 is 23.5 Å². The molecule has 2 aromatic carbocycles. The second kappa shape index (κ2) is 9.21. The number of halogens is 1. The van der Waals surface area contributed by atoms with E-state index < -0.39 is 5.82 Å². The molecule has 2 aromatic rings. The van der Waals surface area contributed by atoms with Gasteiger partial charge in [-0.15, -0.1) is 0 Å². The summed E-state index contributed by atoms with van der Waals surface area (Å²) in [4.78, 5) is 26.0. The number of nitrogens with zero attached hydrogens (tertiary/aromatic N) is 1. The first-order valence-electron chi connectivity index (χ1n) is 9.24. The number of nitrogens with one attached hydrogen (secondary N) is 1. The highest BCUT2D eigenvalue weighted by Crippen LogP contribution is 2.26. The Hall–Kier alpha value is -3.09. The maximum Gasteiger partial charge on any atom is 0.257 e. The van der Waals surface area contributed by atoms with E-state index >= 15 is 0 Å². The molecule has 0 spiro atoms. The highest BCUT2D eigenvalue weighted by molar-refractivity contribution is 5.95. The van der Waals surface area contributed by atoms with Crippen LogP contribution in [0.4, 0.5) is 10.1 Å². The van der Waals surface area contributed by atoms with Gasteiger partial charge in [-0.05, 0) is 43.3 Å². The fourth-order valence-corrected chi connectivity index (χ4v) is 3.07. The van der Waals surface area contributed by atoms with E-state index in [0.29, 0.717) is 26.1 Å². The Morgan fingerprint density at radius 2 is 1.93 bits per heavy atom. The van der Waals surface area contributed by atoms with Gasteiger partial charge in [-0.1, -0.05) is 12.1 Å². The van der Waals surface area contributed by atoms with Crippen molar-refractivity contribution in [3.8, 4) is 11.5 Å². The number of carbonyl (C=O) groups is 2. The van der Waals surface area contributed by atoms with E-state index in [1.807, 2.05) is 31.2 Å². The second-order valence-electron chi connectivity index (χ2n) is 6.52. The molecule has 1 N–H and O–H groups in total. The van der Waals surface area contributed by atoms with Gasteiger partial charge in [-0.2, -0.15) is 0 Å². The van der Waals surface area contributed by atoms with Crippen molar-refractivity contribution in [3.05, 3.63) is 54.3 Å². The van der Waals surface area contributed by atoms with Crippen molar-refractivity contribution in [1.82, 2.24) is 5.32 Å². The van der Waals surface area contributed by atoms with Crippen LogP contribution in [0.25, 0.3) is 0 Å². The van der Waals surface area contributed by atoms with Crippen LogP contribution < -0.4 is 19.7 Å². The summed E-state index contributed by atoms with van der Waals surface area (Å²) in [6.45, 7) is 3.12. The quantitative estimate of drug-likeness (QED) is 0.758. The molecule has 1 fully saturated rings. The number of rotatable bonds is 8. The number of anilines is 1. The van der Waals surface area contributed by atoms with Gasteiger partial charge in [0.25, 0.3) is 5.91 Å². The predicted octanol–water partition coefficient (Wildman–Crippen LogP) is 2.77. The lowest BCUT2D eigenvalue weighted by molar-refractivity contribution is -0.123. The Labute approximate surface area is 163 Å². The zero-order chi connectivity index (χ0) is 19.9. The number of benzene rings is 2. The minimum atomic E-state index is -0.511. The standard InChI is InChI=1S/C21H23FN2O4/c1-2-27-17-9-7-16(8-10-17)24-13-15(11-21(24)26)12-23-20(25)14-28-19-6-4-3-5-18(19)22/h3-10,15H,2,11-14H2,1H3,(H,23,25). The lowest BCUT2D eigenvalue weighted by Crippen LogP contribution is -2.34. The third kappa shape index (κ3) is 5.00. The van der Waals surface area contributed by atoms with Gasteiger partial charge in [0.05, 0.1) is 6.61 Å². The van der Waals surface area contributed by atoms with E-state index in [1.165, 1.54) is 12.1 Å². The SMILES string of the molecule is CCOc1ccc(N2CC(CNC(=O)COc3ccccc3F)CC2=O)cc1. The van der Waals surface area contributed by atoms with Gasteiger partial charge in [0.2, 0.25) is 5.91 Å². The summed E-state index contributed by atoms with van der Waals surface area (Å²) in [6, 6.07) is 13.3. The molecular weight excluding hydrogens is 363 g/mol. The molecule has 0 saturated carbocycles. The third-order valence-corrected chi connectivity index (χ3v) is 4.45. The molecule has 0 aliphatic carbocycles. The van der Waals surface area contributed by atoms with E-state index in [2.05, 4.69) is 5.32 Å². The van der Waals surface area contributed by atoms with Crippen LogP contribution >= 0.6 is 0 Å². The number of amides is 2. The van der Waals surface area contributed by atoms with Crippen LogP contribution in [0.2, 0.25) is 0 Å². The van der Waals surface area contributed by atoms with E-state index in [9.17, 15) is 14.0 Å². The molecule has 6 nitrogen and oxygen atoms in total. The predicted molar refractivity (Wildman–Crippen MR) is 103 cm³/mol. The van der Waals surface area contributed by atoms with Crippen LogP contribution in [-0.2, 0) is 9.59 Å². The van der Waals surface area contributed by atoms with E-state index in [0.717, 1.165) is 11.4 Å². The zero-order valence-electron chi connectivity index (χ0n) is 15.7. The first-order valence-corrected chi connectivity index (χ1v) is 9.24. The molecule has 0 radical (unpaired) electrons. The Morgan fingerprint density at radius 3 is 2.64 bits per heavy atom. The highest BCUT2D eigenvalue weighted by atomic mass is 19.1. The minimum absolute atomic E-state index is 0.0106. The van der Waals surface area contributed by atoms with Crippen molar-refractivity contribution >= 4 is 17.5 Å². The molecule has 1 atom stereocenters. The van der Waals surface area contributed by atoms with Gasteiger partial charge in [0.15, 0.2) is 18.2 Å². The van der Waals surface area contributed by atoms with Crippen molar-refractivity contribution in [1.29, 1.82) is 0 Å². The monoisotopic (exact) mass is 386 g/mol. The summed E-state index contributed by atoms with van der Waals surface area (Å²) in [7, 11) is 0. The number of hydrogen-bond donors (Lipinski definition) is 1. The Balaban J connectivity index is 1.46. The molecule has 148 valence electrons.